The number of benzene rings is 1. The molecule has 0 heterocycles. The van der Waals surface area contributed by atoms with Crippen molar-refractivity contribution in [2.24, 2.45) is 0 Å². The first-order valence-corrected chi connectivity index (χ1v) is 11.1. The lowest BCUT2D eigenvalue weighted by Crippen LogP contribution is -2.44. The summed E-state index contributed by atoms with van der Waals surface area (Å²) in [4.78, 5) is 35.6. The first kappa shape index (κ1) is 26.2. The number of urea groups is 1. The van der Waals surface area contributed by atoms with Crippen molar-refractivity contribution in [3.05, 3.63) is 30.3 Å². The highest BCUT2D eigenvalue weighted by Gasteiger charge is 2.22. The molecule has 1 rings (SSSR count). The van der Waals surface area contributed by atoms with E-state index < -0.39 is 39.9 Å². The molecule has 0 aliphatic carbocycles. The monoisotopic (exact) mass is 458 g/mol. The van der Waals surface area contributed by atoms with Crippen LogP contribution < -0.4 is 20.1 Å². The average Bonchev–Trinajstić information content (AvgIpc) is 2.64. The molecule has 1 aromatic carbocycles. The molecule has 11 nitrogen and oxygen atoms in total. The fourth-order valence-corrected chi connectivity index (χ4v) is 3.11. The summed E-state index contributed by atoms with van der Waals surface area (Å²) in [7, 11) is -2.86. The molecule has 0 radical (unpaired) electrons. The van der Waals surface area contributed by atoms with Gasteiger partial charge in [-0.3, -0.25) is 0 Å². The van der Waals surface area contributed by atoms with Gasteiger partial charge in [-0.2, -0.15) is 13.1 Å². The molecule has 12 heteroatoms. The third kappa shape index (κ3) is 11.8. The molecule has 3 amide bonds. The molecule has 0 aliphatic rings. The van der Waals surface area contributed by atoms with Crippen molar-refractivity contribution in [1.29, 1.82) is 0 Å². The molecule has 0 unspecified atom stereocenters. The Morgan fingerprint density at radius 3 is 2.29 bits per heavy atom. The Labute approximate surface area is 182 Å². The van der Waals surface area contributed by atoms with E-state index in [1.807, 2.05) is 0 Å². The zero-order valence-corrected chi connectivity index (χ0v) is 18.9. The van der Waals surface area contributed by atoms with Crippen LogP contribution in [0.1, 0.15) is 40.0 Å². The Bertz CT molecular complexity index is 839. The van der Waals surface area contributed by atoms with Gasteiger partial charge in [0, 0.05) is 12.2 Å². The van der Waals surface area contributed by atoms with E-state index in [1.165, 1.54) is 7.11 Å². The summed E-state index contributed by atoms with van der Waals surface area (Å²) in [6, 6.07) is 7.25. The first-order valence-electron chi connectivity index (χ1n) is 9.62. The molecule has 0 spiro atoms. The predicted octanol–water partition coefficient (Wildman–Crippen LogP) is 1.88. The maximum absolute atomic E-state index is 12.1. The van der Waals surface area contributed by atoms with Gasteiger partial charge < -0.3 is 20.1 Å². The van der Waals surface area contributed by atoms with E-state index in [0.29, 0.717) is 18.5 Å². The number of esters is 1. The van der Waals surface area contributed by atoms with Gasteiger partial charge in [-0.05, 0) is 52.2 Å². The summed E-state index contributed by atoms with van der Waals surface area (Å²) >= 11 is 0. The number of carbonyl (C=O) groups excluding carboxylic acids is 3. The molecule has 0 saturated heterocycles. The van der Waals surface area contributed by atoms with E-state index in [-0.39, 0.29) is 13.0 Å². The number of ether oxygens (including phenoxy) is 2. The van der Waals surface area contributed by atoms with Crippen LogP contribution in [0.2, 0.25) is 0 Å². The van der Waals surface area contributed by atoms with Gasteiger partial charge in [0.1, 0.15) is 11.6 Å². The zero-order valence-electron chi connectivity index (χ0n) is 18.1. The number of anilines is 1. The third-order valence-corrected chi connectivity index (χ3v) is 4.67. The van der Waals surface area contributed by atoms with Crippen LogP contribution in [-0.4, -0.2) is 51.8 Å². The van der Waals surface area contributed by atoms with Crippen LogP contribution >= 0.6 is 0 Å². The summed E-state index contributed by atoms with van der Waals surface area (Å²) in [6.45, 7) is 4.84. The zero-order chi connectivity index (χ0) is 23.5. The number of amides is 3. The fourth-order valence-electron chi connectivity index (χ4n) is 2.36. The summed E-state index contributed by atoms with van der Waals surface area (Å²) in [6.07, 6.45) is -0.0966. The van der Waals surface area contributed by atoms with Crippen molar-refractivity contribution in [2.45, 2.75) is 51.7 Å². The minimum absolute atomic E-state index is 0.0161. The Hall–Kier alpha value is -2.86. The molecule has 4 N–H and O–H groups in total. The van der Waals surface area contributed by atoms with E-state index in [9.17, 15) is 22.8 Å². The van der Waals surface area contributed by atoms with E-state index in [2.05, 4.69) is 15.4 Å². The maximum atomic E-state index is 12.1. The van der Waals surface area contributed by atoms with E-state index >= 15 is 0 Å². The second-order valence-corrected chi connectivity index (χ2v) is 9.04. The van der Waals surface area contributed by atoms with Gasteiger partial charge >= 0.3 is 28.3 Å². The number of hydrogen-bond acceptors (Lipinski definition) is 7. The molecular formula is C19H30N4O7S. The van der Waals surface area contributed by atoms with Crippen LogP contribution in [0, 0.1) is 0 Å². The fraction of sp³-hybridized carbons (Fsp3) is 0.526. The number of methoxy groups -OCH3 is 1. The van der Waals surface area contributed by atoms with Crippen LogP contribution in [0.3, 0.4) is 0 Å². The largest absolute Gasteiger partial charge is 0.467 e. The van der Waals surface area contributed by atoms with Gasteiger partial charge in [0.15, 0.2) is 0 Å². The third-order valence-electron chi connectivity index (χ3n) is 3.65. The van der Waals surface area contributed by atoms with Gasteiger partial charge in [0.25, 0.3) is 0 Å². The molecule has 1 aromatic rings. The van der Waals surface area contributed by atoms with Crippen molar-refractivity contribution in [2.75, 3.05) is 19.0 Å². The smallest absolute Gasteiger partial charge is 0.422 e. The van der Waals surface area contributed by atoms with Crippen molar-refractivity contribution in [3.63, 3.8) is 0 Å². The molecule has 31 heavy (non-hydrogen) atoms. The second kappa shape index (κ2) is 12.1. The predicted molar refractivity (Wildman–Crippen MR) is 115 cm³/mol. The maximum Gasteiger partial charge on any atom is 0.422 e. The Morgan fingerprint density at radius 1 is 1.06 bits per heavy atom. The number of rotatable bonds is 10. The normalized spacial score (nSPS) is 12.4. The molecule has 0 aliphatic heterocycles. The van der Waals surface area contributed by atoms with Crippen LogP contribution in [0.4, 0.5) is 15.3 Å². The summed E-state index contributed by atoms with van der Waals surface area (Å²) in [5.41, 5.74) is -0.266. The Morgan fingerprint density at radius 2 is 1.71 bits per heavy atom. The molecule has 0 aromatic heterocycles. The van der Waals surface area contributed by atoms with Crippen LogP contribution in [0.15, 0.2) is 30.3 Å². The summed E-state index contributed by atoms with van der Waals surface area (Å²) in [5, 5.41) is 5.14. The van der Waals surface area contributed by atoms with E-state index in [1.54, 1.807) is 55.8 Å². The highest BCUT2D eigenvalue weighted by Crippen LogP contribution is 2.08. The number of carbonyl (C=O) groups is 3. The van der Waals surface area contributed by atoms with Crippen molar-refractivity contribution >= 4 is 34.0 Å². The first-order chi connectivity index (χ1) is 14.4. The Balaban J connectivity index is 2.42. The molecule has 1 atom stereocenters. The van der Waals surface area contributed by atoms with Crippen LogP contribution in [-0.2, 0) is 24.5 Å². The molecule has 174 valence electrons. The molecule has 0 bridgehead atoms. The summed E-state index contributed by atoms with van der Waals surface area (Å²) in [5.74, 6) is -0.615. The number of hydrogen-bond donors (Lipinski definition) is 4. The minimum atomic E-state index is -4.07. The molecule has 0 saturated carbocycles. The lowest BCUT2D eigenvalue weighted by Gasteiger charge is -2.19. The topological polar surface area (TPSA) is 152 Å². The summed E-state index contributed by atoms with van der Waals surface area (Å²) < 4.78 is 37.2. The van der Waals surface area contributed by atoms with E-state index in [0.717, 1.165) is 0 Å². The molecule has 0 fully saturated rings. The minimum Gasteiger partial charge on any atom is -0.467 e. The SMILES string of the molecule is COC(=O)[C@H](CCCCNS(=O)(=O)NC(=O)OC(C)(C)C)NC(=O)Nc1ccccc1. The Kier molecular flexibility index (Phi) is 10.2. The average molecular weight is 459 g/mol. The van der Waals surface area contributed by atoms with E-state index in [4.69, 9.17) is 9.47 Å². The van der Waals surface area contributed by atoms with Gasteiger partial charge in [0.05, 0.1) is 7.11 Å². The highest BCUT2D eigenvalue weighted by molar-refractivity contribution is 7.88. The number of para-hydroxylation sites is 1. The highest BCUT2D eigenvalue weighted by atomic mass is 32.2. The van der Waals surface area contributed by atoms with Crippen molar-refractivity contribution in [1.82, 2.24) is 14.8 Å². The quantitative estimate of drug-likeness (QED) is 0.308. The standard InChI is InChI=1S/C19H30N4O7S/c1-19(2,3)30-18(26)23-31(27,28)20-13-9-8-12-15(16(24)29-4)22-17(25)21-14-10-6-5-7-11-14/h5-7,10-11,15,20H,8-9,12-13H2,1-4H3,(H,23,26)(H2,21,22,25)/t15-/m0/s1. The van der Waals surface area contributed by atoms with Crippen LogP contribution in [0.5, 0.6) is 0 Å². The van der Waals surface area contributed by atoms with Gasteiger partial charge in [-0.15, -0.1) is 0 Å². The number of nitrogens with one attached hydrogen (secondary N) is 4. The van der Waals surface area contributed by atoms with Crippen LogP contribution in [0.25, 0.3) is 0 Å². The van der Waals surface area contributed by atoms with Crippen molar-refractivity contribution in [3.8, 4) is 0 Å². The lowest BCUT2D eigenvalue weighted by molar-refractivity contribution is -0.143. The van der Waals surface area contributed by atoms with Gasteiger partial charge in [-0.25, -0.2) is 19.1 Å². The molecular weight excluding hydrogens is 428 g/mol. The number of unbranched alkanes of at least 4 members (excludes halogenated alkanes) is 1. The van der Waals surface area contributed by atoms with Gasteiger partial charge in [-0.1, -0.05) is 18.2 Å². The lowest BCUT2D eigenvalue weighted by atomic mass is 10.1. The van der Waals surface area contributed by atoms with Gasteiger partial charge in [0.2, 0.25) is 0 Å². The second-order valence-electron chi connectivity index (χ2n) is 7.54. The van der Waals surface area contributed by atoms with Crippen molar-refractivity contribution < 1.29 is 32.3 Å².